The molecular formula is C32H34Cl2N4O4S. The fourth-order valence-electron chi connectivity index (χ4n) is 5.53. The van der Waals surface area contributed by atoms with Crippen molar-refractivity contribution in [2.45, 2.75) is 44.2 Å². The van der Waals surface area contributed by atoms with Crippen molar-refractivity contribution in [3.8, 4) is 11.6 Å². The Morgan fingerprint density at radius 3 is 2.33 bits per heavy atom. The molecule has 0 radical (unpaired) electrons. The Balaban J connectivity index is 1.44. The largest absolute Gasteiger partial charge is 0.494 e. The van der Waals surface area contributed by atoms with Crippen LogP contribution in [-0.2, 0) is 16.6 Å². The maximum atomic E-state index is 13.6. The van der Waals surface area contributed by atoms with Crippen LogP contribution in [0.25, 0.3) is 16.5 Å². The van der Waals surface area contributed by atoms with E-state index in [9.17, 15) is 18.3 Å². The Morgan fingerprint density at radius 2 is 1.65 bits per heavy atom. The number of piperidine rings is 1. The number of sulfonamides is 1. The zero-order chi connectivity index (χ0) is 30.7. The van der Waals surface area contributed by atoms with E-state index in [0.717, 1.165) is 42.6 Å². The maximum absolute atomic E-state index is 13.6. The first-order chi connectivity index (χ1) is 20.6. The molecule has 1 aliphatic rings. The van der Waals surface area contributed by atoms with Gasteiger partial charge >= 0.3 is 0 Å². The third-order valence-electron chi connectivity index (χ3n) is 7.88. The molecule has 0 saturated carbocycles. The normalized spacial score (nSPS) is 15.2. The number of aliphatic imine (C=N–C) groups is 1. The summed E-state index contributed by atoms with van der Waals surface area (Å²) < 4.78 is 28.9. The molecule has 0 unspecified atom stereocenters. The molecule has 0 bridgehead atoms. The van der Waals surface area contributed by atoms with Crippen LogP contribution in [0.1, 0.15) is 37.8 Å². The highest BCUT2D eigenvalue weighted by Gasteiger charge is 2.24. The molecule has 0 aliphatic carbocycles. The number of likely N-dealkylation sites (tertiary alicyclic amines) is 1. The second-order valence-electron chi connectivity index (χ2n) is 10.5. The minimum atomic E-state index is -3.77. The van der Waals surface area contributed by atoms with Gasteiger partial charge in [-0.05, 0) is 54.8 Å². The summed E-state index contributed by atoms with van der Waals surface area (Å²) in [5.41, 5.74) is 1.32. The molecule has 0 atom stereocenters. The van der Waals surface area contributed by atoms with Crippen LogP contribution in [0.3, 0.4) is 0 Å². The Morgan fingerprint density at radius 1 is 0.953 bits per heavy atom. The van der Waals surface area contributed by atoms with E-state index in [1.165, 1.54) is 16.4 Å². The van der Waals surface area contributed by atoms with E-state index in [-0.39, 0.29) is 22.5 Å². The van der Waals surface area contributed by atoms with Gasteiger partial charge in [0, 0.05) is 49.7 Å². The average molecular weight is 642 g/mol. The standard InChI is InChI=1S/C32H34Cl2N4O4S/c1-3-37(4-2)43(41,42)25-9-7-8-24(19-25)38-31(39)27-11-6-5-10-26(27)28(32(38)40)20-35-23-14-16-36(17-15-23)21-22-12-13-29(33)30(34)18-22/h5-13,18-20,23,40H,3-4,14-17,21H2,1-2H3. The van der Waals surface area contributed by atoms with Crippen molar-refractivity contribution in [1.29, 1.82) is 0 Å². The zero-order valence-electron chi connectivity index (χ0n) is 24.1. The highest BCUT2D eigenvalue weighted by atomic mass is 35.5. The Labute approximate surface area is 261 Å². The van der Waals surface area contributed by atoms with Crippen LogP contribution in [0.4, 0.5) is 0 Å². The number of hydrogen-bond acceptors (Lipinski definition) is 6. The van der Waals surface area contributed by atoms with Crippen LogP contribution in [0, 0.1) is 0 Å². The van der Waals surface area contributed by atoms with Gasteiger partial charge in [0.15, 0.2) is 0 Å². The summed E-state index contributed by atoms with van der Waals surface area (Å²) >= 11 is 12.2. The van der Waals surface area contributed by atoms with E-state index < -0.39 is 15.6 Å². The summed E-state index contributed by atoms with van der Waals surface area (Å²) in [6.45, 7) is 6.65. The predicted octanol–water partition coefficient (Wildman–Crippen LogP) is 6.12. The molecule has 2 heterocycles. The zero-order valence-corrected chi connectivity index (χ0v) is 26.4. The van der Waals surface area contributed by atoms with Gasteiger partial charge in [-0.1, -0.05) is 67.4 Å². The van der Waals surface area contributed by atoms with Crippen molar-refractivity contribution in [3.63, 3.8) is 0 Å². The highest BCUT2D eigenvalue weighted by Crippen LogP contribution is 2.29. The summed E-state index contributed by atoms with van der Waals surface area (Å²) in [6, 6.07) is 18.9. The summed E-state index contributed by atoms with van der Waals surface area (Å²) in [5.74, 6) is -0.290. The number of rotatable bonds is 9. The monoisotopic (exact) mass is 640 g/mol. The lowest BCUT2D eigenvalue weighted by Crippen LogP contribution is -2.34. The minimum Gasteiger partial charge on any atom is -0.494 e. The van der Waals surface area contributed by atoms with Gasteiger partial charge in [0.25, 0.3) is 5.56 Å². The first kappa shape index (κ1) is 31.2. The summed E-state index contributed by atoms with van der Waals surface area (Å²) in [5, 5.41) is 13.5. The van der Waals surface area contributed by atoms with Crippen molar-refractivity contribution < 1.29 is 13.5 Å². The number of fused-ring (bicyclic) bond motifs is 1. The number of pyridine rings is 1. The van der Waals surface area contributed by atoms with Crippen LogP contribution in [-0.4, -0.2) is 65.7 Å². The van der Waals surface area contributed by atoms with Crippen LogP contribution in [0.15, 0.2) is 81.4 Å². The van der Waals surface area contributed by atoms with Crippen LogP contribution in [0.5, 0.6) is 5.88 Å². The molecule has 4 aromatic rings. The molecule has 1 N–H and O–H groups in total. The number of hydrogen-bond donors (Lipinski definition) is 1. The molecule has 43 heavy (non-hydrogen) atoms. The van der Waals surface area contributed by atoms with Crippen molar-refractivity contribution in [1.82, 2.24) is 13.8 Å². The Bertz CT molecular complexity index is 1830. The van der Waals surface area contributed by atoms with Gasteiger partial charge in [-0.3, -0.25) is 14.7 Å². The fourth-order valence-corrected chi connectivity index (χ4v) is 7.35. The molecule has 0 amide bonds. The van der Waals surface area contributed by atoms with E-state index in [1.807, 2.05) is 24.3 Å². The van der Waals surface area contributed by atoms with Crippen LogP contribution in [0.2, 0.25) is 10.0 Å². The second-order valence-corrected chi connectivity index (χ2v) is 13.3. The number of halogens is 2. The second kappa shape index (κ2) is 13.2. The van der Waals surface area contributed by atoms with Crippen molar-refractivity contribution in [3.05, 3.63) is 98.3 Å². The first-order valence-corrected chi connectivity index (χ1v) is 16.5. The number of aromatic nitrogens is 1. The molecule has 1 aliphatic heterocycles. The molecule has 0 spiro atoms. The molecule has 1 aromatic heterocycles. The van der Waals surface area contributed by atoms with E-state index in [4.69, 9.17) is 28.2 Å². The predicted molar refractivity (Wildman–Crippen MR) is 174 cm³/mol. The lowest BCUT2D eigenvalue weighted by molar-refractivity contribution is 0.206. The lowest BCUT2D eigenvalue weighted by atomic mass is 10.0. The van der Waals surface area contributed by atoms with E-state index in [1.54, 1.807) is 50.4 Å². The number of benzene rings is 3. The number of aromatic hydroxyl groups is 1. The Hall–Kier alpha value is -3.21. The molecule has 1 saturated heterocycles. The van der Waals surface area contributed by atoms with Gasteiger partial charge in [0.05, 0.1) is 32.2 Å². The number of nitrogens with zero attached hydrogens (tertiary/aromatic N) is 4. The summed E-state index contributed by atoms with van der Waals surface area (Å²) in [4.78, 5) is 20.8. The van der Waals surface area contributed by atoms with Crippen molar-refractivity contribution in [2.24, 2.45) is 4.99 Å². The van der Waals surface area contributed by atoms with E-state index >= 15 is 0 Å². The van der Waals surface area contributed by atoms with E-state index in [0.29, 0.717) is 39.5 Å². The average Bonchev–Trinajstić information content (AvgIpc) is 3.00. The van der Waals surface area contributed by atoms with Gasteiger partial charge in [-0.25, -0.2) is 13.0 Å². The summed E-state index contributed by atoms with van der Waals surface area (Å²) in [6.07, 6.45) is 3.31. The lowest BCUT2D eigenvalue weighted by Gasteiger charge is -2.30. The Kier molecular flexibility index (Phi) is 9.58. The van der Waals surface area contributed by atoms with E-state index in [2.05, 4.69) is 4.90 Å². The molecular weight excluding hydrogens is 607 g/mol. The van der Waals surface area contributed by atoms with Gasteiger partial charge in [0.2, 0.25) is 15.9 Å². The van der Waals surface area contributed by atoms with Crippen molar-refractivity contribution >= 4 is 50.2 Å². The van der Waals surface area contributed by atoms with Gasteiger partial charge < -0.3 is 5.11 Å². The smallest absolute Gasteiger partial charge is 0.265 e. The molecule has 8 nitrogen and oxygen atoms in total. The van der Waals surface area contributed by atoms with Gasteiger partial charge in [-0.15, -0.1) is 0 Å². The van der Waals surface area contributed by atoms with Crippen LogP contribution >= 0.6 is 23.2 Å². The van der Waals surface area contributed by atoms with Crippen LogP contribution < -0.4 is 5.56 Å². The van der Waals surface area contributed by atoms with Gasteiger partial charge in [-0.2, -0.15) is 4.31 Å². The topological polar surface area (TPSA) is 95.2 Å². The molecule has 226 valence electrons. The SMILES string of the molecule is CCN(CC)S(=O)(=O)c1cccc(-n2c(O)c(C=NC3CCN(Cc4ccc(Cl)c(Cl)c4)CC3)c3ccccc3c2=O)c1. The quantitative estimate of drug-likeness (QED) is 0.223. The molecule has 5 rings (SSSR count). The third kappa shape index (κ3) is 6.51. The molecule has 11 heteroatoms. The highest BCUT2D eigenvalue weighted by molar-refractivity contribution is 7.89. The third-order valence-corrected chi connectivity index (χ3v) is 10.7. The first-order valence-electron chi connectivity index (χ1n) is 14.3. The van der Waals surface area contributed by atoms with Gasteiger partial charge in [0.1, 0.15) is 0 Å². The minimum absolute atomic E-state index is 0.0473. The molecule has 3 aromatic carbocycles. The van der Waals surface area contributed by atoms with Crippen molar-refractivity contribution in [2.75, 3.05) is 26.2 Å². The summed E-state index contributed by atoms with van der Waals surface area (Å²) in [7, 11) is -3.77. The molecule has 1 fully saturated rings. The maximum Gasteiger partial charge on any atom is 0.265 e. The fraction of sp³-hybridized carbons (Fsp3) is 0.312.